The Morgan fingerprint density at radius 1 is 1.17 bits per heavy atom. The van der Waals surface area contributed by atoms with Crippen LogP contribution < -0.4 is 56.7 Å². The molecule has 1 aromatic carbocycles. The normalized spacial score (nSPS) is 11.8. The fourth-order valence-electron chi connectivity index (χ4n) is 1.92. The second kappa shape index (κ2) is 9.26. The maximum Gasteiger partial charge on any atom is 1.00 e. The van der Waals surface area contributed by atoms with E-state index >= 15 is 0 Å². The summed E-state index contributed by atoms with van der Waals surface area (Å²) in [6.45, 7) is 0. The summed E-state index contributed by atoms with van der Waals surface area (Å²) >= 11 is 17.0. The van der Waals surface area contributed by atoms with Gasteiger partial charge in [0.05, 0.1) is 25.6 Å². The van der Waals surface area contributed by atoms with E-state index in [9.17, 15) is 41.3 Å². The van der Waals surface area contributed by atoms with Crippen molar-refractivity contribution in [2.24, 2.45) is 0 Å². The van der Waals surface area contributed by atoms with Crippen molar-refractivity contribution in [2.45, 2.75) is 12.4 Å². The Hall–Kier alpha value is -0.614. The maximum atomic E-state index is 12.9. The molecule has 0 atom stereocenters. The minimum atomic E-state index is -5.44. The van der Waals surface area contributed by atoms with Gasteiger partial charge in [-0.05, 0) is 6.07 Å². The van der Waals surface area contributed by atoms with E-state index in [1.807, 2.05) is 0 Å². The van der Waals surface area contributed by atoms with E-state index in [0.717, 1.165) is 0 Å². The average molecular weight is 512 g/mol. The van der Waals surface area contributed by atoms with Crippen molar-refractivity contribution in [1.82, 2.24) is 9.78 Å². The Bertz CT molecular complexity index is 986. The SMILES string of the molecule is O=C(Nc1c([N+](=O)[O-])cnn1-c1c(Cl)cc(C(F)(F)F)c(Cl)c1Cl)C(F)(F)F.[H-].[K+]. The number of hydrogen-bond donors (Lipinski definition) is 1. The van der Waals surface area contributed by atoms with Crippen LogP contribution in [0.3, 0.4) is 0 Å². The van der Waals surface area contributed by atoms with Crippen LogP contribution in [0.15, 0.2) is 12.3 Å². The summed E-state index contributed by atoms with van der Waals surface area (Å²) in [5, 5.41) is 12.8. The minimum Gasteiger partial charge on any atom is -1.00 e. The third-order valence-corrected chi connectivity index (χ3v) is 4.23. The van der Waals surface area contributed by atoms with Crippen molar-refractivity contribution in [3.8, 4) is 5.69 Å². The number of carbonyl (C=O) groups excluding carboxylic acids is 1. The van der Waals surface area contributed by atoms with Crippen LogP contribution in [-0.4, -0.2) is 26.8 Å². The van der Waals surface area contributed by atoms with E-state index in [2.05, 4.69) is 5.10 Å². The topological polar surface area (TPSA) is 90.1 Å². The molecule has 29 heavy (non-hydrogen) atoms. The largest absolute Gasteiger partial charge is 1.00 e. The summed E-state index contributed by atoms with van der Waals surface area (Å²) in [6, 6.07) is 0.300. The number of hydrogen-bond acceptors (Lipinski definition) is 4. The van der Waals surface area contributed by atoms with Crippen molar-refractivity contribution in [2.75, 3.05) is 5.32 Å². The number of carbonyl (C=O) groups is 1. The fraction of sp³-hybridized carbons (Fsp3) is 0.167. The molecule has 0 radical (unpaired) electrons. The molecule has 1 aromatic heterocycles. The standard InChI is InChI=1S/C12H3Cl3F6N4O3.K.H/c13-4-1-3(11(16,17)18)6(14)7(15)8(4)24-9(5(2-22-24)25(27)28)23-10(26)12(19,20)21;;/h1-2H,(H,23,26);;/q;+1;-1. The van der Waals surface area contributed by atoms with E-state index in [1.54, 1.807) is 0 Å². The number of nitrogens with one attached hydrogen (secondary N) is 1. The van der Waals surface area contributed by atoms with Crippen LogP contribution in [0.4, 0.5) is 37.8 Å². The van der Waals surface area contributed by atoms with Crippen LogP contribution in [0.25, 0.3) is 5.69 Å². The monoisotopic (exact) mass is 510 g/mol. The minimum absolute atomic E-state index is 0. The van der Waals surface area contributed by atoms with Crippen LogP contribution >= 0.6 is 34.8 Å². The van der Waals surface area contributed by atoms with Gasteiger partial charge in [-0.2, -0.15) is 31.4 Å². The van der Waals surface area contributed by atoms with Gasteiger partial charge in [0.15, 0.2) is 0 Å². The molecule has 2 rings (SSSR count). The average Bonchev–Trinajstić information content (AvgIpc) is 2.92. The maximum absolute atomic E-state index is 12.9. The zero-order valence-corrected chi connectivity index (χ0v) is 19.0. The Morgan fingerprint density at radius 3 is 2.17 bits per heavy atom. The predicted octanol–water partition coefficient (Wildman–Crippen LogP) is 2.38. The number of alkyl halides is 6. The zero-order chi connectivity index (χ0) is 21.6. The summed E-state index contributed by atoms with van der Waals surface area (Å²) < 4.78 is 76.6. The number of nitro groups is 1. The number of rotatable bonds is 3. The second-order valence-electron chi connectivity index (χ2n) is 4.88. The van der Waals surface area contributed by atoms with Gasteiger partial charge in [0.2, 0.25) is 5.82 Å². The molecule has 2 aromatic rings. The first kappa shape index (κ1) is 26.4. The molecule has 1 N–H and O–H groups in total. The quantitative estimate of drug-likeness (QED) is 0.225. The Kier molecular flexibility index (Phi) is 8.43. The molecule has 0 saturated carbocycles. The number of benzene rings is 1. The molecule has 0 aliphatic carbocycles. The van der Waals surface area contributed by atoms with Gasteiger partial charge in [0.1, 0.15) is 11.9 Å². The van der Waals surface area contributed by atoms with Crippen molar-refractivity contribution in [1.29, 1.82) is 0 Å². The molecule has 0 bridgehead atoms. The molecule has 0 saturated heterocycles. The van der Waals surface area contributed by atoms with Gasteiger partial charge in [-0.3, -0.25) is 20.2 Å². The van der Waals surface area contributed by atoms with Crippen molar-refractivity contribution in [3.63, 3.8) is 0 Å². The summed E-state index contributed by atoms with van der Waals surface area (Å²) in [7, 11) is 0. The molecule has 1 amide bonds. The van der Waals surface area contributed by atoms with Gasteiger partial charge in [0.25, 0.3) is 0 Å². The van der Waals surface area contributed by atoms with E-state index in [-0.39, 0.29) is 57.5 Å². The van der Waals surface area contributed by atoms with Gasteiger partial charge in [-0.1, -0.05) is 34.8 Å². The molecular weight excluding hydrogens is 508 g/mol. The third kappa shape index (κ3) is 5.55. The zero-order valence-electron chi connectivity index (χ0n) is 14.6. The summed E-state index contributed by atoms with van der Waals surface area (Å²) in [5.74, 6) is -3.76. The molecule has 0 unspecified atom stereocenters. The molecule has 0 spiro atoms. The summed E-state index contributed by atoms with van der Waals surface area (Å²) in [4.78, 5) is 21.0. The number of anilines is 1. The van der Waals surface area contributed by atoms with E-state index in [4.69, 9.17) is 34.8 Å². The smallest absolute Gasteiger partial charge is 1.00 e. The molecule has 154 valence electrons. The van der Waals surface area contributed by atoms with E-state index in [0.29, 0.717) is 12.3 Å². The molecular formula is C12H4Cl3F6KN4O3. The molecule has 17 heteroatoms. The van der Waals surface area contributed by atoms with Crippen molar-refractivity contribution in [3.05, 3.63) is 43.0 Å². The van der Waals surface area contributed by atoms with Crippen molar-refractivity contribution < 1.29 is 88.9 Å². The van der Waals surface area contributed by atoms with Crippen LogP contribution in [0.5, 0.6) is 0 Å². The Morgan fingerprint density at radius 2 is 1.72 bits per heavy atom. The third-order valence-electron chi connectivity index (χ3n) is 3.09. The Balaban J connectivity index is 0.00000420. The number of aromatic nitrogens is 2. The van der Waals surface area contributed by atoms with Gasteiger partial charge in [-0.25, -0.2) is 4.68 Å². The molecule has 1 heterocycles. The van der Waals surface area contributed by atoms with Crippen LogP contribution in [0.1, 0.15) is 6.99 Å². The van der Waals surface area contributed by atoms with Gasteiger partial charge < -0.3 is 1.43 Å². The van der Waals surface area contributed by atoms with Gasteiger partial charge in [-0.15, -0.1) is 0 Å². The van der Waals surface area contributed by atoms with Crippen LogP contribution in [0, 0.1) is 10.1 Å². The summed E-state index contributed by atoms with van der Waals surface area (Å²) in [5.41, 5.74) is -3.29. The van der Waals surface area contributed by atoms with Gasteiger partial charge in [0, 0.05) is 0 Å². The molecule has 7 nitrogen and oxygen atoms in total. The predicted molar refractivity (Wildman–Crippen MR) is 86.0 cm³/mol. The second-order valence-corrected chi connectivity index (χ2v) is 6.04. The fourth-order valence-corrected chi connectivity index (χ4v) is 2.79. The van der Waals surface area contributed by atoms with Crippen molar-refractivity contribution >= 4 is 52.2 Å². The van der Waals surface area contributed by atoms with Crippen LogP contribution in [0.2, 0.25) is 15.1 Å². The Labute approximate surface area is 215 Å². The van der Waals surface area contributed by atoms with Crippen LogP contribution in [-0.2, 0) is 11.0 Å². The first-order chi connectivity index (χ1) is 12.7. The van der Waals surface area contributed by atoms with E-state index in [1.165, 1.54) is 5.32 Å². The number of amides is 1. The number of nitrogens with zero attached hydrogens (tertiary/aromatic N) is 3. The molecule has 0 fully saturated rings. The first-order valence-corrected chi connectivity index (χ1v) is 7.65. The summed E-state index contributed by atoms with van der Waals surface area (Å²) in [6.07, 6.45) is -9.98. The van der Waals surface area contributed by atoms with Gasteiger partial charge >= 0.3 is 75.3 Å². The van der Waals surface area contributed by atoms with E-state index < -0.39 is 61.0 Å². The first-order valence-electron chi connectivity index (χ1n) is 6.52. The molecule has 0 aliphatic rings. The number of halogens is 9. The molecule has 0 aliphatic heterocycles.